The van der Waals surface area contributed by atoms with Gasteiger partial charge in [-0.25, -0.2) is 13.4 Å². The third-order valence-electron chi connectivity index (χ3n) is 2.09. The fraction of sp³-hybridized carbons (Fsp3) is 1.00. The van der Waals surface area contributed by atoms with Crippen molar-refractivity contribution in [3.8, 4) is 0 Å². The third kappa shape index (κ3) is 4.10. The quantitative estimate of drug-likeness (QED) is 0.673. The molecule has 1 unspecified atom stereocenters. The zero-order valence-corrected chi connectivity index (χ0v) is 9.81. The second-order valence-electron chi connectivity index (χ2n) is 3.17. The summed E-state index contributed by atoms with van der Waals surface area (Å²) in [5, 5.41) is 1.55. The molecule has 0 bridgehead atoms. The summed E-state index contributed by atoms with van der Waals surface area (Å²) in [5.41, 5.74) is 0. The van der Waals surface area contributed by atoms with Crippen LogP contribution in [0.15, 0.2) is 0 Å². The number of sulfone groups is 1. The molecule has 0 radical (unpaired) electrons. The monoisotopic (exact) mass is 244 g/mol. The molecule has 1 fully saturated rings. The third-order valence-corrected chi connectivity index (χ3v) is 3.79. The van der Waals surface area contributed by atoms with E-state index in [0.29, 0.717) is 19.8 Å². The van der Waals surface area contributed by atoms with Crippen molar-refractivity contribution in [2.45, 2.75) is 13.0 Å². The van der Waals surface area contributed by atoms with E-state index in [-0.39, 0.29) is 30.0 Å². The van der Waals surface area contributed by atoms with Gasteiger partial charge in [0.15, 0.2) is 9.84 Å². The number of hydrogen-bond acceptors (Lipinski definition) is 5. The number of ether oxygens (including phenoxy) is 1. The van der Waals surface area contributed by atoms with Gasteiger partial charge >= 0.3 is 0 Å². The van der Waals surface area contributed by atoms with Crippen LogP contribution in [0.1, 0.15) is 6.92 Å². The van der Waals surface area contributed by atoms with Crippen molar-refractivity contribution in [1.29, 1.82) is 0 Å². The number of halogens is 1. The molecular formula is C7H17ClN2O3S. The second kappa shape index (κ2) is 5.87. The predicted molar refractivity (Wildman–Crippen MR) is 57.1 cm³/mol. The number of rotatable bonds is 3. The van der Waals surface area contributed by atoms with Gasteiger partial charge in [0.2, 0.25) is 0 Å². The fourth-order valence-electron chi connectivity index (χ4n) is 1.30. The number of nitrogens with zero attached hydrogens (tertiary/aromatic N) is 1. The summed E-state index contributed by atoms with van der Waals surface area (Å²) in [6.45, 7) is 3.26. The largest absolute Gasteiger partial charge is 0.380 e. The molecular weight excluding hydrogens is 228 g/mol. The van der Waals surface area contributed by atoms with E-state index in [0.717, 1.165) is 0 Å². The predicted octanol–water partition coefficient (Wildman–Crippen LogP) is -0.583. The molecule has 2 N–H and O–H groups in total. The molecule has 0 aliphatic carbocycles. The van der Waals surface area contributed by atoms with Crippen LogP contribution >= 0.6 is 12.4 Å². The molecule has 0 aromatic heterocycles. The maximum Gasteiger partial charge on any atom is 0.153 e. The lowest BCUT2D eigenvalue weighted by molar-refractivity contribution is 0.0744. The average Bonchev–Trinajstić information content (AvgIpc) is 2.07. The van der Waals surface area contributed by atoms with Gasteiger partial charge in [0.05, 0.1) is 24.2 Å². The van der Waals surface area contributed by atoms with E-state index in [1.807, 2.05) is 6.92 Å². The summed E-state index contributed by atoms with van der Waals surface area (Å²) in [7, 11) is -2.90. The fourth-order valence-corrected chi connectivity index (χ4v) is 2.83. The highest BCUT2D eigenvalue weighted by atomic mass is 35.5. The Labute approximate surface area is 90.9 Å². The summed E-state index contributed by atoms with van der Waals surface area (Å²) in [4.78, 5) is 0. The van der Waals surface area contributed by atoms with Crippen molar-refractivity contribution in [3.05, 3.63) is 0 Å². The molecule has 1 heterocycles. The van der Waals surface area contributed by atoms with Gasteiger partial charge in [-0.2, -0.15) is 0 Å². The molecule has 0 aromatic rings. The smallest absolute Gasteiger partial charge is 0.153 e. The number of nitrogens with two attached hydrogens (primary N) is 1. The van der Waals surface area contributed by atoms with Crippen molar-refractivity contribution in [1.82, 2.24) is 5.01 Å². The summed E-state index contributed by atoms with van der Waals surface area (Å²) in [5.74, 6) is 5.90. The Hall–Kier alpha value is 0.120. The first-order chi connectivity index (χ1) is 6.05. The summed E-state index contributed by atoms with van der Waals surface area (Å²) in [6, 6.07) is -0.182. The topological polar surface area (TPSA) is 72.6 Å². The van der Waals surface area contributed by atoms with Crippen LogP contribution in [-0.4, -0.2) is 50.7 Å². The second-order valence-corrected chi connectivity index (χ2v) is 5.39. The molecule has 0 aromatic carbocycles. The number of hydrazine groups is 1. The van der Waals surface area contributed by atoms with E-state index in [1.165, 1.54) is 0 Å². The van der Waals surface area contributed by atoms with Crippen molar-refractivity contribution in [2.24, 2.45) is 5.84 Å². The van der Waals surface area contributed by atoms with Gasteiger partial charge in [0, 0.05) is 13.2 Å². The van der Waals surface area contributed by atoms with Gasteiger partial charge in [-0.05, 0) is 6.92 Å². The molecule has 1 atom stereocenters. The van der Waals surface area contributed by atoms with Crippen LogP contribution in [0.2, 0.25) is 0 Å². The van der Waals surface area contributed by atoms with Crippen LogP contribution in [0.5, 0.6) is 0 Å². The Bertz CT molecular complexity index is 258. The lowest BCUT2D eigenvalue weighted by Crippen LogP contribution is -2.54. The maximum atomic E-state index is 11.2. The van der Waals surface area contributed by atoms with E-state index in [4.69, 9.17) is 10.6 Å². The summed E-state index contributed by atoms with van der Waals surface area (Å²) >= 11 is 0. The lowest BCUT2D eigenvalue weighted by Gasteiger charge is -2.31. The summed E-state index contributed by atoms with van der Waals surface area (Å²) < 4.78 is 27.6. The van der Waals surface area contributed by atoms with E-state index in [1.54, 1.807) is 5.01 Å². The first-order valence-electron chi connectivity index (χ1n) is 4.34. The van der Waals surface area contributed by atoms with Gasteiger partial charge < -0.3 is 4.74 Å². The summed E-state index contributed by atoms with van der Waals surface area (Å²) in [6.07, 6.45) is 0. The number of hydrogen-bond donors (Lipinski definition) is 1. The van der Waals surface area contributed by atoms with Crippen molar-refractivity contribution >= 4 is 22.2 Å². The molecule has 86 valence electrons. The van der Waals surface area contributed by atoms with Crippen LogP contribution in [0.25, 0.3) is 0 Å². The normalized spacial score (nSPS) is 26.9. The Balaban J connectivity index is 0.00000169. The minimum absolute atomic E-state index is 0. The van der Waals surface area contributed by atoms with Crippen LogP contribution in [0, 0.1) is 0 Å². The van der Waals surface area contributed by atoms with Crippen LogP contribution < -0.4 is 5.84 Å². The maximum absolute atomic E-state index is 11.2. The van der Waals surface area contributed by atoms with E-state index >= 15 is 0 Å². The molecule has 1 aliphatic heterocycles. The zero-order valence-electron chi connectivity index (χ0n) is 8.18. The minimum Gasteiger partial charge on any atom is -0.380 e. The van der Waals surface area contributed by atoms with Crippen LogP contribution in [0.4, 0.5) is 0 Å². The molecule has 0 saturated carbocycles. The van der Waals surface area contributed by atoms with Crippen LogP contribution in [0.3, 0.4) is 0 Å². The Morgan fingerprint density at radius 2 is 2.21 bits per heavy atom. The zero-order chi connectivity index (χ0) is 9.90. The SMILES string of the molecule is CCOCC1CS(=O)(=O)CCN1N.Cl. The molecule has 7 heteroatoms. The highest BCUT2D eigenvalue weighted by molar-refractivity contribution is 7.91. The standard InChI is InChI=1S/C7H16N2O3S.ClH/c1-2-12-5-7-6-13(10,11)4-3-9(7)8;/h7H,2-6,8H2,1H3;1H. The molecule has 0 amide bonds. The molecule has 14 heavy (non-hydrogen) atoms. The van der Waals surface area contributed by atoms with Crippen LogP contribution in [-0.2, 0) is 14.6 Å². The van der Waals surface area contributed by atoms with Crippen molar-refractivity contribution in [3.63, 3.8) is 0 Å². The van der Waals surface area contributed by atoms with E-state index in [9.17, 15) is 8.42 Å². The highest BCUT2D eigenvalue weighted by Gasteiger charge is 2.29. The van der Waals surface area contributed by atoms with Gasteiger partial charge in [0.25, 0.3) is 0 Å². The van der Waals surface area contributed by atoms with Gasteiger partial charge in [-0.3, -0.25) is 5.84 Å². The van der Waals surface area contributed by atoms with Crippen molar-refractivity contribution in [2.75, 3.05) is 31.3 Å². The molecule has 5 nitrogen and oxygen atoms in total. The van der Waals surface area contributed by atoms with Crippen molar-refractivity contribution < 1.29 is 13.2 Å². The Morgan fingerprint density at radius 1 is 1.57 bits per heavy atom. The lowest BCUT2D eigenvalue weighted by atomic mass is 10.3. The molecule has 1 rings (SSSR count). The van der Waals surface area contributed by atoms with E-state index in [2.05, 4.69) is 0 Å². The molecule has 1 saturated heterocycles. The average molecular weight is 245 g/mol. The first-order valence-corrected chi connectivity index (χ1v) is 6.17. The van der Waals surface area contributed by atoms with Gasteiger partial charge in [0.1, 0.15) is 0 Å². The Morgan fingerprint density at radius 3 is 2.79 bits per heavy atom. The molecule has 1 aliphatic rings. The van der Waals surface area contributed by atoms with E-state index < -0.39 is 9.84 Å². The minimum atomic E-state index is -2.90. The first kappa shape index (κ1) is 14.1. The highest BCUT2D eigenvalue weighted by Crippen LogP contribution is 2.08. The van der Waals surface area contributed by atoms with Gasteiger partial charge in [-0.1, -0.05) is 0 Å². The Kier molecular flexibility index (Phi) is 5.92. The van der Waals surface area contributed by atoms with Gasteiger partial charge in [-0.15, -0.1) is 12.4 Å². The molecule has 0 spiro atoms.